The van der Waals surface area contributed by atoms with Crippen LogP contribution in [0.25, 0.3) is 0 Å². The van der Waals surface area contributed by atoms with Crippen molar-refractivity contribution < 1.29 is 4.74 Å². The predicted octanol–water partition coefficient (Wildman–Crippen LogP) is 3.73. The normalized spacial score (nSPS) is 12.4. The van der Waals surface area contributed by atoms with Gasteiger partial charge in [0.1, 0.15) is 5.75 Å². The van der Waals surface area contributed by atoms with Crippen LogP contribution >= 0.6 is 0 Å². The minimum atomic E-state index is 0.456. The second kappa shape index (κ2) is 7.85. The first kappa shape index (κ1) is 16.4. The van der Waals surface area contributed by atoms with Crippen molar-refractivity contribution in [1.29, 1.82) is 0 Å². The third kappa shape index (κ3) is 4.25. The largest absolute Gasteiger partial charge is 0.495 e. The first-order valence-corrected chi connectivity index (χ1v) is 7.84. The van der Waals surface area contributed by atoms with Gasteiger partial charge in [0.05, 0.1) is 12.8 Å². The molecule has 118 valence electrons. The molecule has 0 aliphatic carbocycles. The maximum Gasteiger partial charge on any atom is 0.141 e. The van der Waals surface area contributed by atoms with Crippen molar-refractivity contribution in [2.24, 2.45) is 0 Å². The quantitative estimate of drug-likeness (QED) is 0.792. The first-order valence-electron chi connectivity index (χ1n) is 7.84. The summed E-state index contributed by atoms with van der Waals surface area (Å²) in [6.45, 7) is 6.49. The molecule has 22 heavy (non-hydrogen) atoms. The van der Waals surface area contributed by atoms with Crippen LogP contribution in [0.1, 0.15) is 25.0 Å². The second-order valence-corrected chi connectivity index (χ2v) is 5.68. The van der Waals surface area contributed by atoms with Gasteiger partial charge in [-0.1, -0.05) is 43.3 Å². The molecule has 0 heterocycles. The molecule has 1 atom stereocenters. The molecule has 0 aliphatic rings. The minimum absolute atomic E-state index is 0.456. The zero-order chi connectivity index (χ0) is 15.9. The number of nitrogens with two attached hydrogens (primary N) is 1. The van der Waals surface area contributed by atoms with Crippen molar-refractivity contribution in [2.45, 2.75) is 32.9 Å². The Labute approximate surface area is 133 Å². The summed E-state index contributed by atoms with van der Waals surface area (Å²) in [5.41, 5.74) is 9.31. The predicted molar refractivity (Wildman–Crippen MR) is 93.1 cm³/mol. The van der Waals surface area contributed by atoms with E-state index < -0.39 is 0 Å². The molecule has 2 N–H and O–H groups in total. The van der Waals surface area contributed by atoms with Gasteiger partial charge < -0.3 is 10.5 Å². The third-order valence-corrected chi connectivity index (χ3v) is 4.08. The molecular formula is C19H26N2O. The van der Waals surface area contributed by atoms with Crippen molar-refractivity contribution >= 4 is 5.69 Å². The minimum Gasteiger partial charge on any atom is -0.495 e. The molecule has 0 amide bonds. The summed E-state index contributed by atoms with van der Waals surface area (Å²) in [6.07, 6.45) is 0.981. The Morgan fingerprint density at radius 2 is 1.82 bits per heavy atom. The van der Waals surface area contributed by atoms with Gasteiger partial charge in [-0.25, -0.2) is 0 Å². The Morgan fingerprint density at radius 3 is 2.41 bits per heavy atom. The highest BCUT2D eigenvalue weighted by atomic mass is 16.5. The number of nitrogens with zero attached hydrogens (tertiary/aromatic N) is 1. The van der Waals surface area contributed by atoms with E-state index in [1.54, 1.807) is 7.11 Å². The lowest BCUT2D eigenvalue weighted by molar-refractivity contribution is 0.209. The van der Waals surface area contributed by atoms with Gasteiger partial charge in [-0.15, -0.1) is 0 Å². The molecule has 0 radical (unpaired) electrons. The van der Waals surface area contributed by atoms with Crippen molar-refractivity contribution in [3.63, 3.8) is 0 Å². The van der Waals surface area contributed by atoms with Crippen LogP contribution in [0, 0.1) is 0 Å². The third-order valence-electron chi connectivity index (χ3n) is 4.08. The van der Waals surface area contributed by atoms with Crippen LogP contribution in [-0.4, -0.2) is 24.6 Å². The second-order valence-electron chi connectivity index (χ2n) is 5.68. The van der Waals surface area contributed by atoms with Crippen molar-refractivity contribution in [2.75, 3.05) is 19.4 Å². The molecule has 0 aliphatic heterocycles. The molecule has 2 aromatic carbocycles. The van der Waals surface area contributed by atoms with Crippen LogP contribution < -0.4 is 10.5 Å². The Bertz CT molecular complexity index is 583. The molecule has 0 fully saturated rings. The van der Waals surface area contributed by atoms with Gasteiger partial charge in [0.15, 0.2) is 0 Å². The smallest absolute Gasteiger partial charge is 0.141 e. The van der Waals surface area contributed by atoms with E-state index in [1.807, 2.05) is 12.1 Å². The van der Waals surface area contributed by atoms with Crippen LogP contribution in [0.5, 0.6) is 5.75 Å². The van der Waals surface area contributed by atoms with Crippen LogP contribution in [0.3, 0.4) is 0 Å². The lowest BCUT2D eigenvalue weighted by Crippen LogP contribution is -2.34. The number of rotatable bonds is 7. The summed E-state index contributed by atoms with van der Waals surface area (Å²) in [5, 5.41) is 0. The zero-order valence-corrected chi connectivity index (χ0v) is 13.8. The molecule has 0 saturated carbocycles. The molecule has 0 spiro atoms. The van der Waals surface area contributed by atoms with Gasteiger partial charge in [0, 0.05) is 12.6 Å². The Kier molecular flexibility index (Phi) is 5.84. The van der Waals surface area contributed by atoms with Gasteiger partial charge in [-0.05, 0) is 43.1 Å². The van der Waals surface area contributed by atoms with Crippen LogP contribution in [0.4, 0.5) is 5.69 Å². The number of benzene rings is 2. The average Bonchev–Trinajstić information content (AvgIpc) is 2.53. The Morgan fingerprint density at radius 1 is 1.09 bits per heavy atom. The summed E-state index contributed by atoms with van der Waals surface area (Å²) in [5.74, 6) is 0.744. The fraction of sp³-hybridized carbons (Fsp3) is 0.368. The SMILES string of the molecule is CCN(Cc1ccccc1)C(C)Cc1ccc(OC)c(N)c1. The molecule has 0 saturated heterocycles. The molecule has 0 bridgehead atoms. The molecule has 2 aromatic rings. The molecule has 0 aromatic heterocycles. The molecular weight excluding hydrogens is 272 g/mol. The highest BCUT2D eigenvalue weighted by molar-refractivity contribution is 5.54. The Hall–Kier alpha value is -2.00. The summed E-state index contributed by atoms with van der Waals surface area (Å²) < 4.78 is 5.22. The molecule has 2 rings (SSSR count). The van der Waals surface area contributed by atoms with E-state index in [0.29, 0.717) is 11.7 Å². The summed E-state index contributed by atoms with van der Waals surface area (Å²) in [4.78, 5) is 2.48. The molecule has 3 heteroatoms. The number of ether oxygens (including phenoxy) is 1. The van der Waals surface area contributed by atoms with Gasteiger partial charge >= 0.3 is 0 Å². The summed E-state index contributed by atoms with van der Waals surface area (Å²) in [7, 11) is 1.65. The van der Waals surface area contributed by atoms with E-state index >= 15 is 0 Å². The topological polar surface area (TPSA) is 38.5 Å². The van der Waals surface area contributed by atoms with E-state index in [0.717, 1.165) is 25.3 Å². The van der Waals surface area contributed by atoms with E-state index in [2.05, 4.69) is 55.1 Å². The fourth-order valence-electron chi connectivity index (χ4n) is 2.78. The van der Waals surface area contributed by atoms with Crippen molar-refractivity contribution in [3.8, 4) is 5.75 Å². The van der Waals surface area contributed by atoms with Crippen molar-refractivity contribution in [1.82, 2.24) is 4.90 Å². The number of methoxy groups -OCH3 is 1. The lowest BCUT2D eigenvalue weighted by atomic mass is 10.0. The van der Waals surface area contributed by atoms with E-state index in [4.69, 9.17) is 10.5 Å². The van der Waals surface area contributed by atoms with Crippen LogP contribution in [0.2, 0.25) is 0 Å². The van der Waals surface area contributed by atoms with Crippen LogP contribution in [0.15, 0.2) is 48.5 Å². The fourth-order valence-corrected chi connectivity index (χ4v) is 2.78. The van der Waals surface area contributed by atoms with Gasteiger partial charge in [0.2, 0.25) is 0 Å². The van der Waals surface area contributed by atoms with Gasteiger partial charge in [-0.3, -0.25) is 4.90 Å². The molecule has 1 unspecified atom stereocenters. The number of nitrogen functional groups attached to an aromatic ring is 1. The summed E-state index contributed by atoms with van der Waals surface area (Å²) >= 11 is 0. The number of hydrogen-bond donors (Lipinski definition) is 1. The number of likely N-dealkylation sites (N-methyl/N-ethyl adjacent to an activating group) is 1. The van der Waals surface area contributed by atoms with E-state index in [-0.39, 0.29) is 0 Å². The van der Waals surface area contributed by atoms with Crippen molar-refractivity contribution in [3.05, 3.63) is 59.7 Å². The van der Waals surface area contributed by atoms with Crippen LogP contribution in [-0.2, 0) is 13.0 Å². The standard InChI is InChI=1S/C19H26N2O/c1-4-21(14-16-8-6-5-7-9-16)15(2)12-17-10-11-19(22-3)18(20)13-17/h5-11,13,15H,4,12,14,20H2,1-3H3. The monoisotopic (exact) mass is 298 g/mol. The Balaban J connectivity index is 2.02. The number of anilines is 1. The maximum atomic E-state index is 6.00. The highest BCUT2D eigenvalue weighted by Gasteiger charge is 2.14. The maximum absolute atomic E-state index is 6.00. The average molecular weight is 298 g/mol. The first-order chi connectivity index (χ1) is 10.6. The van der Waals surface area contributed by atoms with E-state index in [9.17, 15) is 0 Å². The molecule has 3 nitrogen and oxygen atoms in total. The zero-order valence-electron chi connectivity index (χ0n) is 13.8. The highest BCUT2D eigenvalue weighted by Crippen LogP contribution is 2.23. The number of hydrogen-bond acceptors (Lipinski definition) is 3. The summed E-state index contributed by atoms with van der Waals surface area (Å²) in [6, 6.07) is 17.1. The lowest BCUT2D eigenvalue weighted by Gasteiger charge is -2.28. The van der Waals surface area contributed by atoms with E-state index in [1.165, 1.54) is 11.1 Å². The van der Waals surface area contributed by atoms with Gasteiger partial charge in [0.25, 0.3) is 0 Å². The van der Waals surface area contributed by atoms with Gasteiger partial charge in [-0.2, -0.15) is 0 Å².